The first-order valence-corrected chi connectivity index (χ1v) is 5.38. The zero-order valence-corrected chi connectivity index (χ0v) is 10.2. The van der Waals surface area contributed by atoms with E-state index in [4.69, 9.17) is 10.00 Å². The molecule has 0 amide bonds. The van der Waals surface area contributed by atoms with Gasteiger partial charge in [-0.15, -0.1) is 0 Å². The van der Waals surface area contributed by atoms with Gasteiger partial charge in [-0.05, 0) is 12.3 Å². The third-order valence-electron chi connectivity index (χ3n) is 2.15. The van der Waals surface area contributed by atoms with Crippen LogP contribution in [0.2, 0.25) is 0 Å². The molecule has 0 radical (unpaired) electrons. The highest BCUT2D eigenvalue weighted by atomic mass is 16.5. The number of hydrogen-bond acceptors (Lipinski definition) is 4. The van der Waals surface area contributed by atoms with Crippen molar-refractivity contribution in [1.82, 2.24) is 15.2 Å². The lowest BCUT2D eigenvalue weighted by molar-refractivity contribution is -0.0189. The first-order valence-electron chi connectivity index (χ1n) is 5.38. The van der Waals surface area contributed by atoms with Crippen LogP contribution in [0.25, 0.3) is 0 Å². The second-order valence-electron chi connectivity index (χ2n) is 4.68. The monoisotopic (exact) mass is 222 g/mol. The van der Waals surface area contributed by atoms with Crippen LogP contribution in [-0.4, -0.2) is 21.8 Å². The number of H-pyrrole nitrogens is 1. The lowest BCUT2D eigenvalue weighted by atomic mass is 9.88. The molecule has 0 saturated heterocycles. The molecule has 16 heavy (non-hydrogen) atoms. The summed E-state index contributed by atoms with van der Waals surface area (Å²) < 4.78 is 5.66. The lowest BCUT2D eigenvalue weighted by Gasteiger charge is -2.27. The Balaban J connectivity index is 2.89. The topological polar surface area (TPSA) is 74.6 Å². The highest BCUT2D eigenvalue weighted by molar-refractivity contribution is 5.01. The van der Waals surface area contributed by atoms with E-state index in [-0.39, 0.29) is 17.9 Å². The minimum atomic E-state index is -0.152. The summed E-state index contributed by atoms with van der Waals surface area (Å²) in [4.78, 5) is 4.27. The van der Waals surface area contributed by atoms with Crippen molar-refractivity contribution in [3.63, 3.8) is 0 Å². The fraction of sp³-hybridized carbons (Fsp3) is 0.727. The lowest BCUT2D eigenvalue weighted by Crippen LogP contribution is -2.22. The van der Waals surface area contributed by atoms with Crippen LogP contribution in [0.3, 0.4) is 0 Å². The van der Waals surface area contributed by atoms with Crippen LogP contribution in [0, 0.1) is 16.7 Å². The van der Waals surface area contributed by atoms with Crippen LogP contribution in [0.15, 0.2) is 0 Å². The summed E-state index contributed by atoms with van der Waals surface area (Å²) in [6.07, 6.45) is 0.0943. The van der Waals surface area contributed by atoms with E-state index < -0.39 is 0 Å². The van der Waals surface area contributed by atoms with Crippen molar-refractivity contribution >= 4 is 0 Å². The van der Waals surface area contributed by atoms with E-state index in [0.29, 0.717) is 18.3 Å². The first kappa shape index (κ1) is 12.7. The van der Waals surface area contributed by atoms with Crippen LogP contribution in [-0.2, 0) is 11.2 Å². The summed E-state index contributed by atoms with van der Waals surface area (Å²) in [6, 6.07) is 2.03. The summed E-state index contributed by atoms with van der Waals surface area (Å²) in [7, 11) is 0. The van der Waals surface area contributed by atoms with Crippen molar-refractivity contribution in [3.8, 4) is 6.07 Å². The number of ether oxygens (including phenoxy) is 1. The van der Waals surface area contributed by atoms with E-state index in [1.54, 1.807) is 0 Å². The quantitative estimate of drug-likeness (QED) is 0.845. The molecular formula is C11H18N4O. The number of rotatable bonds is 4. The van der Waals surface area contributed by atoms with Crippen LogP contribution in [0.1, 0.15) is 45.4 Å². The SMILES string of the molecule is CCOC(c1n[nH]c(CC#N)n1)C(C)(C)C. The molecule has 1 heterocycles. The largest absolute Gasteiger partial charge is 0.370 e. The van der Waals surface area contributed by atoms with Crippen LogP contribution in [0.4, 0.5) is 0 Å². The fourth-order valence-electron chi connectivity index (χ4n) is 1.46. The van der Waals surface area contributed by atoms with Crippen molar-refractivity contribution in [1.29, 1.82) is 5.26 Å². The van der Waals surface area contributed by atoms with Gasteiger partial charge in [0.05, 0.1) is 12.5 Å². The molecule has 0 fully saturated rings. The van der Waals surface area contributed by atoms with Crippen molar-refractivity contribution in [2.75, 3.05) is 6.61 Å². The van der Waals surface area contributed by atoms with E-state index in [1.165, 1.54) is 0 Å². The van der Waals surface area contributed by atoms with Gasteiger partial charge in [0, 0.05) is 6.61 Å². The average molecular weight is 222 g/mol. The summed E-state index contributed by atoms with van der Waals surface area (Å²) in [6.45, 7) is 8.79. The van der Waals surface area contributed by atoms with Crippen LogP contribution < -0.4 is 0 Å². The molecule has 0 spiro atoms. The Labute approximate surface area is 95.8 Å². The molecule has 0 aliphatic heterocycles. The smallest absolute Gasteiger partial charge is 0.179 e. The zero-order chi connectivity index (χ0) is 12.2. The predicted molar refractivity (Wildman–Crippen MR) is 59.5 cm³/mol. The summed E-state index contributed by atoms with van der Waals surface area (Å²) in [5.74, 6) is 1.21. The molecule has 0 aliphatic carbocycles. The van der Waals surface area contributed by atoms with Crippen molar-refractivity contribution in [2.24, 2.45) is 5.41 Å². The maximum atomic E-state index is 8.56. The molecule has 0 aromatic carbocycles. The first-order chi connectivity index (χ1) is 7.49. The van der Waals surface area contributed by atoms with Crippen molar-refractivity contribution in [2.45, 2.75) is 40.2 Å². The van der Waals surface area contributed by atoms with E-state index in [1.807, 2.05) is 13.0 Å². The molecule has 1 aromatic heterocycles. The van der Waals surface area contributed by atoms with Gasteiger partial charge in [0.25, 0.3) is 0 Å². The standard InChI is InChI=1S/C11H18N4O/c1-5-16-9(11(2,3)4)10-13-8(6-7-12)14-15-10/h9H,5-6H2,1-4H3,(H,13,14,15). The molecule has 1 rings (SSSR count). The molecule has 5 nitrogen and oxygen atoms in total. The normalized spacial score (nSPS) is 13.4. The van der Waals surface area contributed by atoms with Gasteiger partial charge >= 0.3 is 0 Å². The molecule has 5 heteroatoms. The van der Waals surface area contributed by atoms with Gasteiger partial charge in [0.1, 0.15) is 11.9 Å². The molecule has 1 aromatic rings. The highest BCUT2D eigenvalue weighted by Crippen LogP contribution is 2.33. The van der Waals surface area contributed by atoms with E-state index >= 15 is 0 Å². The maximum Gasteiger partial charge on any atom is 0.179 e. The number of aromatic amines is 1. The van der Waals surface area contributed by atoms with Gasteiger partial charge in [-0.2, -0.15) is 10.4 Å². The minimum absolute atomic E-state index is 0.0673. The second-order valence-corrected chi connectivity index (χ2v) is 4.68. The Morgan fingerprint density at radius 2 is 2.19 bits per heavy atom. The van der Waals surface area contributed by atoms with Crippen LogP contribution in [0.5, 0.6) is 0 Å². The van der Waals surface area contributed by atoms with Gasteiger partial charge in [-0.1, -0.05) is 20.8 Å². The van der Waals surface area contributed by atoms with Gasteiger partial charge in [0.2, 0.25) is 0 Å². The van der Waals surface area contributed by atoms with Crippen molar-refractivity contribution < 1.29 is 4.74 Å². The Kier molecular flexibility index (Phi) is 4.02. The third-order valence-corrected chi connectivity index (χ3v) is 2.15. The predicted octanol–water partition coefficient (Wildman–Crippen LogP) is 1.99. The van der Waals surface area contributed by atoms with Gasteiger partial charge in [-0.3, -0.25) is 5.10 Å². The number of hydrogen-bond donors (Lipinski definition) is 1. The van der Waals surface area contributed by atoms with E-state index in [2.05, 4.69) is 36.0 Å². The summed E-state index contributed by atoms with van der Waals surface area (Å²) >= 11 is 0. The second kappa shape index (κ2) is 5.08. The molecule has 0 bridgehead atoms. The number of nitrogens with one attached hydrogen (secondary N) is 1. The molecule has 0 aliphatic rings. The molecule has 1 unspecified atom stereocenters. The minimum Gasteiger partial charge on any atom is -0.370 e. The molecule has 88 valence electrons. The van der Waals surface area contributed by atoms with Gasteiger partial charge in [0.15, 0.2) is 5.82 Å². The number of aromatic nitrogens is 3. The Hall–Kier alpha value is -1.41. The molecular weight excluding hydrogens is 204 g/mol. The highest BCUT2D eigenvalue weighted by Gasteiger charge is 2.30. The molecule has 1 N–H and O–H groups in total. The number of nitrogens with zero attached hydrogens (tertiary/aromatic N) is 3. The van der Waals surface area contributed by atoms with E-state index in [0.717, 1.165) is 0 Å². The maximum absolute atomic E-state index is 8.56. The average Bonchev–Trinajstić information content (AvgIpc) is 2.61. The zero-order valence-electron chi connectivity index (χ0n) is 10.2. The van der Waals surface area contributed by atoms with Crippen molar-refractivity contribution in [3.05, 3.63) is 11.6 Å². The Morgan fingerprint density at radius 1 is 1.50 bits per heavy atom. The summed E-state index contributed by atoms with van der Waals surface area (Å²) in [5, 5.41) is 15.4. The third kappa shape index (κ3) is 3.04. The Morgan fingerprint density at radius 3 is 2.69 bits per heavy atom. The Bertz CT molecular complexity index is 372. The van der Waals surface area contributed by atoms with Crippen LogP contribution >= 0.6 is 0 Å². The fourth-order valence-corrected chi connectivity index (χ4v) is 1.46. The number of nitriles is 1. The van der Waals surface area contributed by atoms with E-state index in [9.17, 15) is 0 Å². The molecule has 1 atom stereocenters. The summed E-state index contributed by atoms with van der Waals surface area (Å²) in [5.41, 5.74) is -0.0673. The van der Waals surface area contributed by atoms with Gasteiger partial charge in [-0.25, -0.2) is 4.98 Å². The van der Waals surface area contributed by atoms with Gasteiger partial charge < -0.3 is 4.74 Å². The molecule has 0 saturated carbocycles.